The van der Waals surface area contributed by atoms with Crippen molar-refractivity contribution in [3.05, 3.63) is 23.8 Å². The van der Waals surface area contributed by atoms with Crippen LogP contribution in [0.25, 0.3) is 0 Å². The zero-order valence-electron chi connectivity index (χ0n) is 12.3. The molecule has 0 atom stereocenters. The van der Waals surface area contributed by atoms with Gasteiger partial charge < -0.3 is 10.6 Å². The number of nitrogens with zero attached hydrogens (tertiary/aromatic N) is 1. The molecule has 0 bridgehead atoms. The Morgan fingerprint density at radius 1 is 1.30 bits per heavy atom. The van der Waals surface area contributed by atoms with E-state index in [1.54, 1.807) is 0 Å². The topological polar surface area (TPSA) is 46.3 Å². The summed E-state index contributed by atoms with van der Waals surface area (Å²) in [6.07, 6.45) is 7.46. The van der Waals surface area contributed by atoms with Crippen LogP contribution >= 0.6 is 0 Å². The Balaban J connectivity index is 1.96. The predicted octanol–water partition coefficient (Wildman–Crippen LogP) is 3.52. The number of hydrogen-bond acceptors (Lipinski definition) is 2. The number of amides is 1. The SMILES string of the molecule is CCC1(C(=O)N2CCCc3c(N)cccc32)CCCC1. The third kappa shape index (κ3) is 2.00. The van der Waals surface area contributed by atoms with Gasteiger partial charge in [0.05, 0.1) is 0 Å². The van der Waals surface area contributed by atoms with Gasteiger partial charge in [-0.25, -0.2) is 0 Å². The van der Waals surface area contributed by atoms with Gasteiger partial charge in [0.15, 0.2) is 0 Å². The number of hydrogen-bond donors (Lipinski definition) is 1. The smallest absolute Gasteiger partial charge is 0.233 e. The Morgan fingerprint density at radius 2 is 2.05 bits per heavy atom. The zero-order valence-corrected chi connectivity index (χ0v) is 12.3. The highest BCUT2D eigenvalue weighted by Gasteiger charge is 2.43. The Hall–Kier alpha value is -1.51. The molecule has 108 valence electrons. The van der Waals surface area contributed by atoms with E-state index < -0.39 is 0 Å². The maximum atomic E-state index is 13.1. The van der Waals surface area contributed by atoms with Crippen LogP contribution in [0.3, 0.4) is 0 Å². The van der Waals surface area contributed by atoms with Crippen molar-refractivity contribution in [2.75, 3.05) is 17.2 Å². The van der Waals surface area contributed by atoms with Crippen LogP contribution < -0.4 is 10.6 Å². The highest BCUT2D eigenvalue weighted by atomic mass is 16.2. The van der Waals surface area contributed by atoms with E-state index >= 15 is 0 Å². The van der Waals surface area contributed by atoms with E-state index in [4.69, 9.17) is 5.73 Å². The molecule has 0 spiro atoms. The summed E-state index contributed by atoms with van der Waals surface area (Å²) in [6, 6.07) is 5.96. The Kier molecular flexibility index (Phi) is 3.45. The minimum atomic E-state index is -0.112. The Labute approximate surface area is 121 Å². The van der Waals surface area contributed by atoms with Gasteiger partial charge in [0, 0.05) is 23.3 Å². The lowest BCUT2D eigenvalue weighted by Gasteiger charge is -2.37. The van der Waals surface area contributed by atoms with Gasteiger partial charge in [-0.3, -0.25) is 4.79 Å². The average molecular weight is 272 g/mol. The fourth-order valence-electron chi connectivity index (χ4n) is 3.92. The van der Waals surface area contributed by atoms with Crippen molar-refractivity contribution >= 4 is 17.3 Å². The fraction of sp³-hybridized carbons (Fsp3) is 0.588. The number of anilines is 2. The summed E-state index contributed by atoms with van der Waals surface area (Å²) in [5.74, 6) is 0.337. The van der Waals surface area contributed by atoms with Crippen LogP contribution in [0.4, 0.5) is 11.4 Å². The third-order valence-corrected chi connectivity index (χ3v) is 5.22. The summed E-state index contributed by atoms with van der Waals surface area (Å²) in [5.41, 5.74) is 9.02. The molecule has 1 fully saturated rings. The number of rotatable bonds is 2. The van der Waals surface area contributed by atoms with E-state index in [1.165, 1.54) is 12.8 Å². The Bertz CT molecular complexity index is 518. The molecule has 0 radical (unpaired) electrons. The molecule has 1 saturated carbocycles. The van der Waals surface area contributed by atoms with Crippen molar-refractivity contribution < 1.29 is 4.79 Å². The second-order valence-corrected chi connectivity index (χ2v) is 6.25. The van der Waals surface area contributed by atoms with Crippen molar-refractivity contribution in [2.24, 2.45) is 5.41 Å². The third-order valence-electron chi connectivity index (χ3n) is 5.22. The van der Waals surface area contributed by atoms with Gasteiger partial charge in [-0.15, -0.1) is 0 Å². The molecule has 3 nitrogen and oxygen atoms in total. The maximum absolute atomic E-state index is 13.1. The first-order valence-electron chi connectivity index (χ1n) is 7.87. The summed E-state index contributed by atoms with van der Waals surface area (Å²) in [5, 5.41) is 0. The van der Waals surface area contributed by atoms with Gasteiger partial charge in [-0.05, 0) is 49.8 Å². The van der Waals surface area contributed by atoms with E-state index in [0.29, 0.717) is 5.91 Å². The first-order chi connectivity index (χ1) is 9.68. The van der Waals surface area contributed by atoms with Crippen molar-refractivity contribution in [1.82, 2.24) is 0 Å². The molecule has 1 aromatic carbocycles. The van der Waals surface area contributed by atoms with Crippen molar-refractivity contribution in [3.8, 4) is 0 Å². The zero-order chi connectivity index (χ0) is 14.2. The minimum absolute atomic E-state index is 0.112. The predicted molar refractivity (Wildman–Crippen MR) is 82.7 cm³/mol. The van der Waals surface area contributed by atoms with E-state index in [0.717, 1.165) is 55.6 Å². The van der Waals surface area contributed by atoms with Gasteiger partial charge in [-0.1, -0.05) is 25.8 Å². The molecule has 1 aromatic rings. The van der Waals surface area contributed by atoms with Crippen LogP contribution in [0.5, 0.6) is 0 Å². The molecule has 3 rings (SSSR count). The monoisotopic (exact) mass is 272 g/mol. The number of nitrogens with two attached hydrogens (primary N) is 1. The lowest BCUT2D eigenvalue weighted by molar-refractivity contribution is -0.128. The largest absolute Gasteiger partial charge is 0.398 e. The second-order valence-electron chi connectivity index (χ2n) is 6.25. The summed E-state index contributed by atoms with van der Waals surface area (Å²) in [6.45, 7) is 3.00. The standard InChI is InChI=1S/C17H24N2O/c1-2-17(10-3-4-11-17)16(20)19-12-6-7-13-14(18)8-5-9-15(13)19/h5,8-9H,2-4,6-7,10-12,18H2,1H3. The van der Waals surface area contributed by atoms with E-state index in [2.05, 4.69) is 13.0 Å². The van der Waals surface area contributed by atoms with E-state index in [1.807, 2.05) is 17.0 Å². The molecule has 20 heavy (non-hydrogen) atoms. The second kappa shape index (κ2) is 5.12. The molecule has 0 saturated heterocycles. The highest BCUT2D eigenvalue weighted by molar-refractivity contribution is 5.99. The molecule has 3 heteroatoms. The van der Waals surface area contributed by atoms with Crippen LogP contribution in [-0.4, -0.2) is 12.5 Å². The summed E-state index contributed by atoms with van der Waals surface area (Å²) >= 11 is 0. The quantitative estimate of drug-likeness (QED) is 0.837. The Morgan fingerprint density at radius 3 is 2.75 bits per heavy atom. The van der Waals surface area contributed by atoms with Crippen LogP contribution in [0.2, 0.25) is 0 Å². The summed E-state index contributed by atoms with van der Waals surface area (Å²) in [7, 11) is 0. The van der Waals surface area contributed by atoms with Crippen molar-refractivity contribution in [3.63, 3.8) is 0 Å². The molecule has 1 heterocycles. The van der Waals surface area contributed by atoms with Crippen molar-refractivity contribution in [2.45, 2.75) is 51.9 Å². The van der Waals surface area contributed by atoms with E-state index in [9.17, 15) is 4.79 Å². The highest BCUT2D eigenvalue weighted by Crippen LogP contribution is 2.44. The van der Waals surface area contributed by atoms with Crippen LogP contribution in [0.1, 0.15) is 51.0 Å². The minimum Gasteiger partial charge on any atom is -0.398 e. The van der Waals surface area contributed by atoms with Crippen LogP contribution in [0.15, 0.2) is 18.2 Å². The molecule has 1 amide bonds. The average Bonchev–Trinajstić information content (AvgIpc) is 2.97. The summed E-state index contributed by atoms with van der Waals surface area (Å²) < 4.78 is 0. The molecule has 1 aliphatic carbocycles. The van der Waals surface area contributed by atoms with E-state index in [-0.39, 0.29) is 5.41 Å². The van der Waals surface area contributed by atoms with Gasteiger partial charge in [-0.2, -0.15) is 0 Å². The molecule has 2 N–H and O–H groups in total. The van der Waals surface area contributed by atoms with Gasteiger partial charge in [0.2, 0.25) is 5.91 Å². The summed E-state index contributed by atoms with van der Waals surface area (Å²) in [4.78, 5) is 15.1. The normalized spacial score (nSPS) is 20.8. The lowest BCUT2D eigenvalue weighted by atomic mass is 9.81. The number of fused-ring (bicyclic) bond motifs is 1. The fourth-order valence-corrected chi connectivity index (χ4v) is 3.92. The van der Waals surface area contributed by atoms with Gasteiger partial charge >= 0.3 is 0 Å². The van der Waals surface area contributed by atoms with Crippen LogP contribution in [0, 0.1) is 5.41 Å². The first kappa shape index (κ1) is 13.5. The molecule has 1 aliphatic heterocycles. The molecular formula is C17H24N2O. The molecular weight excluding hydrogens is 248 g/mol. The molecule has 0 aromatic heterocycles. The van der Waals surface area contributed by atoms with Crippen LogP contribution in [-0.2, 0) is 11.2 Å². The van der Waals surface area contributed by atoms with Gasteiger partial charge in [0.1, 0.15) is 0 Å². The van der Waals surface area contributed by atoms with Crippen molar-refractivity contribution in [1.29, 1.82) is 0 Å². The maximum Gasteiger partial charge on any atom is 0.233 e. The lowest BCUT2D eigenvalue weighted by Crippen LogP contribution is -2.45. The number of carbonyl (C=O) groups is 1. The first-order valence-corrected chi connectivity index (χ1v) is 7.87. The number of nitrogen functional groups attached to an aromatic ring is 1. The molecule has 2 aliphatic rings. The van der Waals surface area contributed by atoms with Gasteiger partial charge in [0.25, 0.3) is 0 Å². The number of benzene rings is 1. The number of carbonyl (C=O) groups excluding carboxylic acids is 1. The molecule has 0 unspecified atom stereocenters.